The van der Waals surface area contributed by atoms with E-state index in [-0.39, 0.29) is 12.5 Å². The van der Waals surface area contributed by atoms with Crippen molar-refractivity contribution in [1.29, 1.82) is 0 Å². The minimum absolute atomic E-state index is 0.0946. The molecule has 0 aromatic heterocycles. The van der Waals surface area contributed by atoms with Gasteiger partial charge in [-0.3, -0.25) is 9.69 Å². The lowest BCUT2D eigenvalue weighted by molar-refractivity contribution is -0.139. The van der Waals surface area contributed by atoms with Gasteiger partial charge in [-0.05, 0) is 42.6 Å². The van der Waals surface area contributed by atoms with Crippen molar-refractivity contribution in [2.75, 3.05) is 19.7 Å². The molecule has 1 heterocycles. The lowest BCUT2D eigenvalue weighted by Gasteiger charge is -2.32. The highest BCUT2D eigenvalue weighted by Gasteiger charge is 2.25. The van der Waals surface area contributed by atoms with Gasteiger partial charge in [0.15, 0.2) is 6.61 Å². The Bertz CT molecular complexity index is 758. The van der Waals surface area contributed by atoms with Gasteiger partial charge >= 0.3 is 5.97 Å². The van der Waals surface area contributed by atoms with Gasteiger partial charge in [0.25, 0.3) is 0 Å². The summed E-state index contributed by atoms with van der Waals surface area (Å²) in [6.07, 6.45) is 2.50. The first kappa shape index (κ1) is 19.1. The molecular formula is C22H25NO4. The van der Waals surface area contributed by atoms with Crippen molar-refractivity contribution in [3.05, 3.63) is 65.7 Å². The molecule has 5 nitrogen and oxygen atoms in total. The first-order valence-electron chi connectivity index (χ1n) is 9.32. The Morgan fingerprint density at radius 3 is 2.48 bits per heavy atom. The molecule has 0 unspecified atom stereocenters. The zero-order chi connectivity index (χ0) is 19.1. The number of hydrogen-bond acceptors (Lipinski definition) is 4. The summed E-state index contributed by atoms with van der Waals surface area (Å²) < 4.78 is 5.16. The Balaban J connectivity index is 1.52. The van der Waals surface area contributed by atoms with E-state index in [0.717, 1.165) is 43.6 Å². The minimum atomic E-state index is -0.987. The fourth-order valence-corrected chi connectivity index (χ4v) is 3.50. The van der Waals surface area contributed by atoms with E-state index in [0.29, 0.717) is 18.0 Å². The first-order chi connectivity index (χ1) is 13.1. The first-order valence-corrected chi connectivity index (χ1v) is 9.32. The van der Waals surface area contributed by atoms with Gasteiger partial charge in [0.2, 0.25) is 0 Å². The topological polar surface area (TPSA) is 66.8 Å². The lowest BCUT2D eigenvalue weighted by atomic mass is 9.90. The maximum atomic E-state index is 12.6. The van der Waals surface area contributed by atoms with Crippen LogP contribution in [0.25, 0.3) is 0 Å². The predicted octanol–water partition coefficient (Wildman–Crippen LogP) is 3.17. The summed E-state index contributed by atoms with van der Waals surface area (Å²) in [6, 6.07) is 17.4. The molecule has 142 valence electrons. The average Bonchev–Trinajstić information content (AvgIpc) is 2.68. The summed E-state index contributed by atoms with van der Waals surface area (Å²) in [6.45, 7) is 2.24. The predicted molar refractivity (Wildman–Crippen MR) is 103 cm³/mol. The number of ketones is 1. The van der Waals surface area contributed by atoms with Crippen LogP contribution in [0.5, 0.6) is 5.75 Å². The summed E-state index contributed by atoms with van der Waals surface area (Å²) >= 11 is 0. The van der Waals surface area contributed by atoms with Crippen LogP contribution in [0, 0.1) is 5.92 Å². The second-order valence-corrected chi connectivity index (χ2v) is 7.03. The van der Waals surface area contributed by atoms with Gasteiger partial charge in [-0.2, -0.15) is 0 Å². The van der Waals surface area contributed by atoms with E-state index in [1.54, 1.807) is 12.1 Å². The number of nitrogens with zero attached hydrogens (tertiary/aromatic N) is 1. The fraction of sp³-hybridized carbons (Fsp3) is 0.364. The lowest BCUT2D eigenvalue weighted by Crippen LogP contribution is -2.38. The standard InChI is InChI=1S/C22H25NO4/c24-21(13-17-5-2-1-3-6-17)19-7-4-12-23(15-19)14-18-8-10-20(11-9-18)27-16-22(25)26/h1-3,5-6,8-11,19H,4,7,12-16H2,(H,25,26)/t19-/m1/s1. The van der Waals surface area contributed by atoms with E-state index in [1.807, 2.05) is 42.5 Å². The van der Waals surface area contributed by atoms with Gasteiger partial charge in [0, 0.05) is 25.4 Å². The molecule has 2 aromatic rings. The van der Waals surface area contributed by atoms with Crippen LogP contribution in [-0.2, 0) is 22.6 Å². The number of aliphatic carboxylic acids is 1. The molecule has 1 atom stereocenters. The normalized spacial score (nSPS) is 17.4. The van der Waals surface area contributed by atoms with Crippen LogP contribution >= 0.6 is 0 Å². The molecule has 2 aromatic carbocycles. The quantitative estimate of drug-likeness (QED) is 0.776. The zero-order valence-corrected chi connectivity index (χ0v) is 15.3. The maximum Gasteiger partial charge on any atom is 0.341 e. The van der Waals surface area contributed by atoms with E-state index >= 15 is 0 Å². The van der Waals surface area contributed by atoms with E-state index in [2.05, 4.69) is 4.90 Å². The van der Waals surface area contributed by atoms with Gasteiger partial charge in [-0.1, -0.05) is 42.5 Å². The van der Waals surface area contributed by atoms with Crippen LogP contribution in [0.3, 0.4) is 0 Å². The average molecular weight is 367 g/mol. The number of carboxylic acids is 1. The highest BCUT2D eigenvalue weighted by molar-refractivity contribution is 5.83. The Morgan fingerprint density at radius 2 is 1.78 bits per heavy atom. The summed E-state index contributed by atoms with van der Waals surface area (Å²) in [7, 11) is 0. The van der Waals surface area contributed by atoms with Crippen molar-refractivity contribution < 1.29 is 19.4 Å². The van der Waals surface area contributed by atoms with Crippen molar-refractivity contribution in [3.63, 3.8) is 0 Å². The van der Waals surface area contributed by atoms with E-state index in [1.165, 1.54) is 0 Å². The largest absolute Gasteiger partial charge is 0.482 e. The Hall–Kier alpha value is -2.66. The molecule has 1 N–H and O–H groups in total. The molecule has 0 bridgehead atoms. The number of likely N-dealkylation sites (tertiary alicyclic amines) is 1. The zero-order valence-electron chi connectivity index (χ0n) is 15.3. The molecule has 1 fully saturated rings. The second kappa shape index (κ2) is 9.33. The highest BCUT2D eigenvalue weighted by atomic mass is 16.5. The smallest absolute Gasteiger partial charge is 0.341 e. The third-order valence-electron chi connectivity index (χ3n) is 4.87. The molecule has 0 radical (unpaired) electrons. The molecule has 1 saturated heterocycles. The third-order valence-corrected chi connectivity index (χ3v) is 4.87. The monoisotopic (exact) mass is 367 g/mol. The molecule has 1 aliphatic rings. The number of piperidine rings is 1. The van der Waals surface area contributed by atoms with E-state index in [4.69, 9.17) is 9.84 Å². The number of hydrogen-bond donors (Lipinski definition) is 1. The number of ether oxygens (including phenoxy) is 1. The summed E-state index contributed by atoms with van der Waals surface area (Å²) in [5.74, 6) is -0.0187. The molecule has 1 aliphatic heterocycles. The van der Waals surface area contributed by atoms with Crippen LogP contribution in [0.2, 0.25) is 0 Å². The van der Waals surface area contributed by atoms with Crippen LogP contribution in [0.1, 0.15) is 24.0 Å². The van der Waals surface area contributed by atoms with E-state index in [9.17, 15) is 9.59 Å². The number of carboxylic acid groups (broad SMARTS) is 1. The Labute approximate surface area is 159 Å². The SMILES string of the molecule is O=C(O)COc1ccc(CN2CCC[C@@H](C(=O)Cc3ccccc3)C2)cc1. The summed E-state index contributed by atoms with van der Waals surface area (Å²) in [5, 5.41) is 8.65. The van der Waals surface area contributed by atoms with Crippen molar-refractivity contribution in [2.45, 2.75) is 25.8 Å². The second-order valence-electron chi connectivity index (χ2n) is 7.03. The van der Waals surface area contributed by atoms with Crippen LogP contribution in [0.15, 0.2) is 54.6 Å². The fourth-order valence-electron chi connectivity index (χ4n) is 3.50. The number of benzene rings is 2. The van der Waals surface area contributed by atoms with Gasteiger partial charge in [0.1, 0.15) is 11.5 Å². The highest BCUT2D eigenvalue weighted by Crippen LogP contribution is 2.22. The molecule has 3 rings (SSSR count). The molecule has 0 aliphatic carbocycles. The molecule has 5 heteroatoms. The van der Waals surface area contributed by atoms with Crippen molar-refractivity contribution in [3.8, 4) is 5.75 Å². The minimum Gasteiger partial charge on any atom is -0.482 e. The van der Waals surface area contributed by atoms with Crippen molar-refractivity contribution >= 4 is 11.8 Å². The summed E-state index contributed by atoms with van der Waals surface area (Å²) in [5.41, 5.74) is 2.21. The molecular weight excluding hydrogens is 342 g/mol. The maximum absolute atomic E-state index is 12.6. The van der Waals surface area contributed by atoms with E-state index < -0.39 is 5.97 Å². The number of Topliss-reactive ketones (excluding diaryl/α,β-unsaturated/α-hetero) is 1. The Morgan fingerprint density at radius 1 is 1.04 bits per heavy atom. The van der Waals surface area contributed by atoms with Gasteiger partial charge < -0.3 is 9.84 Å². The number of carbonyl (C=O) groups is 2. The molecule has 0 saturated carbocycles. The molecule has 27 heavy (non-hydrogen) atoms. The van der Waals surface area contributed by atoms with Crippen LogP contribution in [-0.4, -0.2) is 41.5 Å². The Kier molecular flexibility index (Phi) is 6.60. The van der Waals surface area contributed by atoms with Crippen molar-refractivity contribution in [2.24, 2.45) is 5.92 Å². The number of carbonyl (C=O) groups excluding carboxylic acids is 1. The van der Waals surface area contributed by atoms with Crippen molar-refractivity contribution in [1.82, 2.24) is 4.90 Å². The van der Waals surface area contributed by atoms with Crippen LogP contribution < -0.4 is 4.74 Å². The third kappa shape index (κ3) is 5.93. The molecule has 0 spiro atoms. The van der Waals surface area contributed by atoms with Gasteiger partial charge in [-0.25, -0.2) is 4.79 Å². The van der Waals surface area contributed by atoms with Crippen LogP contribution in [0.4, 0.5) is 0 Å². The number of rotatable bonds is 8. The summed E-state index contributed by atoms with van der Waals surface area (Å²) in [4.78, 5) is 25.5. The van der Waals surface area contributed by atoms with Gasteiger partial charge in [-0.15, -0.1) is 0 Å². The van der Waals surface area contributed by atoms with Gasteiger partial charge in [0.05, 0.1) is 0 Å². The molecule has 0 amide bonds.